The molecular formula is C14H13NO4. The summed E-state index contributed by atoms with van der Waals surface area (Å²) in [6.07, 6.45) is -0.714. The number of hydrogen-bond donors (Lipinski definition) is 2. The number of para-hydroxylation sites is 1. The van der Waals surface area contributed by atoms with E-state index in [0.717, 1.165) is 5.69 Å². The molecule has 0 unspecified atom stereocenters. The Hall–Kier alpha value is -1.88. The monoisotopic (exact) mass is 259 g/mol. The summed E-state index contributed by atoms with van der Waals surface area (Å²) in [5, 5.41) is 19.3. The highest BCUT2D eigenvalue weighted by Gasteiger charge is 2.77. The van der Waals surface area contributed by atoms with Crippen molar-refractivity contribution in [2.75, 3.05) is 4.90 Å². The van der Waals surface area contributed by atoms with E-state index in [1.807, 2.05) is 30.3 Å². The topological polar surface area (TPSA) is 77.8 Å². The van der Waals surface area contributed by atoms with E-state index in [0.29, 0.717) is 0 Å². The number of carboxylic acids is 1. The first-order valence-electron chi connectivity index (χ1n) is 6.42. The lowest BCUT2D eigenvalue weighted by atomic mass is 9.45. The van der Waals surface area contributed by atoms with E-state index < -0.39 is 23.9 Å². The molecule has 0 bridgehead atoms. The normalized spacial score (nSPS) is 42.4. The number of aliphatic hydroxyl groups excluding tert-OH is 1. The van der Waals surface area contributed by atoms with Gasteiger partial charge in [-0.05, 0) is 12.1 Å². The third kappa shape index (κ3) is 1.10. The van der Waals surface area contributed by atoms with E-state index >= 15 is 0 Å². The van der Waals surface area contributed by atoms with Gasteiger partial charge in [0.25, 0.3) is 0 Å². The van der Waals surface area contributed by atoms with Gasteiger partial charge >= 0.3 is 5.97 Å². The Kier molecular flexibility index (Phi) is 1.94. The zero-order valence-electron chi connectivity index (χ0n) is 10.0. The van der Waals surface area contributed by atoms with Crippen LogP contribution in [0.15, 0.2) is 30.3 Å². The Morgan fingerprint density at radius 2 is 1.84 bits per heavy atom. The molecule has 6 atom stereocenters. The molecule has 1 amide bonds. The largest absolute Gasteiger partial charge is 0.481 e. The van der Waals surface area contributed by atoms with E-state index in [1.165, 1.54) is 0 Å². The maximum absolute atomic E-state index is 12.4. The van der Waals surface area contributed by atoms with Crippen molar-refractivity contribution >= 4 is 17.6 Å². The van der Waals surface area contributed by atoms with Gasteiger partial charge in [0.1, 0.15) is 0 Å². The van der Waals surface area contributed by atoms with E-state index in [-0.39, 0.29) is 23.8 Å². The molecule has 5 heteroatoms. The molecule has 98 valence electrons. The van der Waals surface area contributed by atoms with Gasteiger partial charge in [0, 0.05) is 17.5 Å². The second-order valence-corrected chi connectivity index (χ2v) is 5.57. The molecule has 1 saturated heterocycles. The number of hydrogen-bond acceptors (Lipinski definition) is 3. The molecular weight excluding hydrogens is 246 g/mol. The Bertz CT molecular complexity index is 572. The van der Waals surface area contributed by atoms with Crippen LogP contribution in [0.2, 0.25) is 0 Å². The van der Waals surface area contributed by atoms with Gasteiger partial charge in [-0.3, -0.25) is 9.59 Å². The van der Waals surface area contributed by atoms with E-state index in [2.05, 4.69) is 0 Å². The van der Waals surface area contributed by atoms with E-state index in [4.69, 9.17) is 0 Å². The van der Waals surface area contributed by atoms with Crippen LogP contribution in [0.3, 0.4) is 0 Å². The Balaban J connectivity index is 1.74. The lowest BCUT2D eigenvalue weighted by Crippen LogP contribution is -2.70. The summed E-state index contributed by atoms with van der Waals surface area (Å²) >= 11 is 0. The number of aliphatic hydroxyl groups is 1. The van der Waals surface area contributed by atoms with E-state index in [1.54, 1.807) is 4.90 Å². The molecule has 2 N–H and O–H groups in total. The molecule has 1 heterocycles. The molecule has 3 aliphatic rings. The molecule has 19 heavy (non-hydrogen) atoms. The summed E-state index contributed by atoms with van der Waals surface area (Å²) in [6, 6.07) is 8.93. The number of rotatable bonds is 2. The number of carbonyl (C=O) groups excluding carboxylic acids is 1. The summed E-state index contributed by atoms with van der Waals surface area (Å²) in [6.45, 7) is 0. The van der Waals surface area contributed by atoms with Crippen molar-refractivity contribution in [3.8, 4) is 0 Å². The minimum Gasteiger partial charge on any atom is -0.481 e. The number of benzene rings is 1. The fourth-order valence-electron chi connectivity index (χ4n) is 4.16. The third-order valence-electron chi connectivity index (χ3n) is 4.94. The number of anilines is 1. The van der Waals surface area contributed by atoms with Crippen molar-refractivity contribution in [2.24, 2.45) is 23.7 Å². The highest BCUT2D eigenvalue weighted by atomic mass is 16.4. The highest BCUT2D eigenvalue weighted by Crippen LogP contribution is 2.65. The van der Waals surface area contributed by atoms with Crippen LogP contribution in [0, 0.1) is 23.7 Å². The van der Waals surface area contributed by atoms with Crippen LogP contribution < -0.4 is 4.90 Å². The van der Waals surface area contributed by atoms with Crippen LogP contribution in [-0.2, 0) is 9.59 Å². The first kappa shape index (κ1) is 11.0. The Labute approximate surface area is 109 Å². The van der Waals surface area contributed by atoms with Crippen LogP contribution in [-0.4, -0.2) is 34.2 Å². The van der Waals surface area contributed by atoms with Crippen LogP contribution in [0.4, 0.5) is 5.69 Å². The average Bonchev–Trinajstić information content (AvgIpc) is 2.50. The Morgan fingerprint density at radius 1 is 1.16 bits per heavy atom. The van der Waals surface area contributed by atoms with Gasteiger partial charge in [0.2, 0.25) is 5.91 Å². The van der Waals surface area contributed by atoms with Crippen molar-refractivity contribution in [3.05, 3.63) is 30.3 Å². The van der Waals surface area contributed by atoms with Crippen molar-refractivity contribution in [1.82, 2.24) is 0 Å². The quantitative estimate of drug-likeness (QED) is 0.802. The fraction of sp³-hybridized carbons (Fsp3) is 0.429. The minimum atomic E-state index is -0.966. The van der Waals surface area contributed by atoms with Crippen LogP contribution in [0.25, 0.3) is 0 Å². The molecule has 1 aromatic rings. The molecule has 1 aromatic carbocycles. The molecule has 2 saturated carbocycles. The van der Waals surface area contributed by atoms with E-state index in [9.17, 15) is 19.8 Å². The Morgan fingerprint density at radius 3 is 2.47 bits per heavy atom. The average molecular weight is 259 g/mol. The second kappa shape index (κ2) is 3.36. The third-order valence-corrected chi connectivity index (χ3v) is 4.94. The summed E-state index contributed by atoms with van der Waals surface area (Å²) in [7, 11) is 0. The molecule has 5 nitrogen and oxygen atoms in total. The second-order valence-electron chi connectivity index (χ2n) is 5.57. The number of carboxylic acid groups (broad SMARTS) is 1. The maximum atomic E-state index is 12.4. The lowest BCUT2D eigenvalue weighted by molar-refractivity contribution is -0.198. The summed E-state index contributed by atoms with van der Waals surface area (Å²) in [4.78, 5) is 25.2. The number of nitrogens with zero attached hydrogens (tertiary/aromatic N) is 1. The van der Waals surface area contributed by atoms with Crippen molar-refractivity contribution in [1.29, 1.82) is 0 Å². The molecule has 0 spiro atoms. The molecule has 0 radical (unpaired) electrons. The molecule has 4 rings (SSSR count). The SMILES string of the molecule is O=C(O)[C@@H]1[C@@H]2C(=O)N(c3ccccc3)[C@@H]3[C@@H](O)[C@H]1[C@H]23. The summed E-state index contributed by atoms with van der Waals surface area (Å²) in [5.74, 6) is -2.50. The van der Waals surface area contributed by atoms with Crippen LogP contribution in [0.1, 0.15) is 0 Å². The standard InChI is InChI=1S/C14H13NO4/c16-12-8-7-9(10(8)14(18)19)13(17)15(11(7)12)6-4-2-1-3-5-6/h1-5,7-12,16H,(H,18,19)/t7-,8+,9-,10+,11+,12+/m1/s1. The smallest absolute Gasteiger partial charge is 0.307 e. The van der Waals surface area contributed by atoms with Gasteiger partial charge in [0.15, 0.2) is 0 Å². The number of carbonyl (C=O) groups is 2. The van der Waals surface area contributed by atoms with Gasteiger partial charge in [-0.2, -0.15) is 0 Å². The first-order chi connectivity index (χ1) is 9.13. The van der Waals surface area contributed by atoms with Crippen molar-refractivity contribution in [2.45, 2.75) is 12.1 Å². The first-order valence-corrected chi connectivity index (χ1v) is 6.42. The fourth-order valence-corrected chi connectivity index (χ4v) is 4.16. The van der Waals surface area contributed by atoms with Crippen LogP contribution >= 0.6 is 0 Å². The number of amides is 1. The van der Waals surface area contributed by atoms with Gasteiger partial charge in [-0.25, -0.2) is 0 Å². The van der Waals surface area contributed by atoms with Gasteiger partial charge in [0.05, 0.1) is 24.0 Å². The summed E-state index contributed by atoms with van der Waals surface area (Å²) < 4.78 is 0. The minimum absolute atomic E-state index is 0.0174. The molecule has 0 aromatic heterocycles. The molecule has 2 aliphatic carbocycles. The van der Waals surface area contributed by atoms with Gasteiger partial charge in [-0.15, -0.1) is 0 Å². The summed E-state index contributed by atoms with van der Waals surface area (Å²) in [5.41, 5.74) is 0.744. The van der Waals surface area contributed by atoms with Crippen molar-refractivity contribution < 1.29 is 19.8 Å². The zero-order chi connectivity index (χ0) is 13.3. The lowest BCUT2D eigenvalue weighted by Gasteiger charge is -2.58. The predicted molar refractivity (Wildman–Crippen MR) is 65.3 cm³/mol. The predicted octanol–water partition coefficient (Wildman–Crippen LogP) is 0.339. The molecule has 1 aliphatic heterocycles. The zero-order valence-corrected chi connectivity index (χ0v) is 10.0. The van der Waals surface area contributed by atoms with Gasteiger partial charge < -0.3 is 15.1 Å². The maximum Gasteiger partial charge on any atom is 0.307 e. The number of aliphatic carboxylic acids is 1. The molecule has 3 fully saturated rings. The van der Waals surface area contributed by atoms with Gasteiger partial charge in [-0.1, -0.05) is 18.2 Å². The van der Waals surface area contributed by atoms with Crippen LogP contribution in [0.5, 0.6) is 0 Å². The van der Waals surface area contributed by atoms with Crippen molar-refractivity contribution in [3.63, 3.8) is 0 Å². The highest BCUT2D eigenvalue weighted by molar-refractivity contribution is 6.03.